The summed E-state index contributed by atoms with van der Waals surface area (Å²) in [5.41, 5.74) is 3.58. The first-order valence-electron chi connectivity index (χ1n) is 8.21. The predicted octanol–water partition coefficient (Wildman–Crippen LogP) is 2.99. The van der Waals surface area contributed by atoms with E-state index in [-0.39, 0.29) is 5.91 Å². The van der Waals surface area contributed by atoms with Crippen molar-refractivity contribution in [3.05, 3.63) is 65.6 Å². The minimum absolute atomic E-state index is 0.205. The van der Waals surface area contributed by atoms with E-state index in [1.54, 1.807) is 32.4 Å². The standard InChI is InChI=1S/C20H21N3O3/c1-14-8-9-23-13-16(22-19(23)10-14)12-21-20(24)7-4-15-11-17(25-2)5-6-18(15)26-3/h4-11,13H,12H2,1-3H3,(H,21,24)/b7-4+. The molecule has 0 spiro atoms. The Kier molecular flexibility index (Phi) is 5.22. The van der Waals surface area contributed by atoms with Crippen molar-refractivity contribution in [2.45, 2.75) is 13.5 Å². The van der Waals surface area contributed by atoms with Gasteiger partial charge in [-0.15, -0.1) is 0 Å². The molecule has 0 aliphatic carbocycles. The van der Waals surface area contributed by atoms with Gasteiger partial charge in [0.1, 0.15) is 17.1 Å². The summed E-state index contributed by atoms with van der Waals surface area (Å²) in [4.78, 5) is 16.6. The number of nitrogens with zero attached hydrogens (tertiary/aromatic N) is 2. The number of benzene rings is 1. The van der Waals surface area contributed by atoms with Gasteiger partial charge in [-0.25, -0.2) is 4.98 Å². The third-order valence-corrected chi connectivity index (χ3v) is 3.96. The Bertz CT molecular complexity index is 960. The Morgan fingerprint density at radius 3 is 2.85 bits per heavy atom. The Morgan fingerprint density at radius 1 is 1.23 bits per heavy atom. The lowest BCUT2D eigenvalue weighted by Crippen LogP contribution is -2.20. The fourth-order valence-corrected chi connectivity index (χ4v) is 2.59. The average Bonchev–Trinajstić information content (AvgIpc) is 3.06. The number of imidazole rings is 1. The van der Waals surface area contributed by atoms with Crippen LogP contribution in [0.5, 0.6) is 11.5 Å². The van der Waals surface area contributed by atoms with Crippen molar-refractivity contribution in [1.82, 2.24) is 14.7 Å². The van der Waals surface area contributed by atoms with Gasteiger partial charge in [0.15, 0.2) is 0 Å². The van der Waals surface area contributed by atoms with E-state index in [1.165, 1.54) is 6.08 Å². The molecule has 134 valence electrons. The molecule has 0 radical (unpaired) electrons. The molecule has 6 heteroatoms. The van der Waals surface area contributed by atoms with Crippen LogP contribution in [0.15, 0.2) is 48.8 Å². The molecular weight excluding hydrogens is 330 g/mol. The van der Waals surface area contributed by atoms with Crippen LogP contribution in [0, 0.1) is 6.92 Å². The zero-order valence-corrected chi connectivity index (χ0v) is 15.0. The number of ether oxygens (including phenoxy) is 2. The van der Waals surface area contributed by atoms with Crippen LogP contribution in [0.2, 0.25) is 0 Å². The first-order chi connectivity index (χ1) is 12.6. The smallest absolute Gasteiger partial charge is 0.244 e. The number of hydrogen-bond acceptors (Lipinski definition) is 4. The molecule has 2 heterocycles. The van der Waals surface area contributed by atoms with E-state index in [2.05, 4.69) is 10.3 Å². The SMILES string of the molecule is COc1ccc(OC)c(/C=C/C(=O)NCc2cn3ccc(C)cc3n2)c1. The van der Waals surface area contributed by atoms with Crippen LogP contribution in [0.25, 0.3) is 11.7 Å². The number of hydrogen-bond donors (Lipinski definition) is 1. The van der Waals surface area contributed by atoms with Crippen LogP contribution in [0.4, 0.5) is 0 Å². The lowest BCUT2D eigenvalue weighted by Gasteiger charge is -2.07. The molecule has 0 unspecified atom stereocenters. The number of methoxy groups -OCH3 is 2. The molecular formula is C20H21N3O3. The van der Waals surface area contributed by atoms with E-state index in [1.807, 2.05) is 41.9 Å². The maximum atomic E-state index is 12.1. The van der Waals surface area contributed by atoms with Gasteiger partial charge in [0.2, 0.25) is 5.91 Å². The zero-order valence-electron chi connectivity index (χ0n) is 15.0. The Balaban J connectivity index is 1.65. The molecule has 3 rings (SSSR count). The molecule has 0 bridgehead atoms. The largest absolute Gasteiger partial charge is 0.497 e. The monoisotopic (exact) mass is 351 g/mol. The second kappa shape index (κ2) is 7.74. The highest BCUT2D eigenvalue weighted by atomic mass is 16.5. The van der Waals surface area contributed by atoms with Crippen LogP contribution < -0.4 is 14.8 Å². The summed E-state index contributed by atoms with van der Waals surface area (Å²) in [6.07, 6.45) is 7.03. The van der Waals surface area contributed by atoms with Crippen LogP contribution >= 0.6 is 0 Å². The van der Waals surface area contributed by atoms with Crippen molar-refractivity contribution in [2.24, 2.45) is 0 Å². The van der Waals surface area contributed by atoms with Crippen molar-refractivity contribution in [3.8, 4) is 11.5 Å². The van der Waals surface area contributed by atoms with Crippen LogP contribution in [0.1, 0.15) is 16.8 Å². The number of pyridine rings is 1. The highest BCUT2D eigenvalue weighted by molar-refractivity contribution is 5.92. The van der Waals surface area contributed by atoms with E-state index in [9.17, 15) is 4.79 Å². The third kappa shape index (κ3) is 4.03. The molecule has 1 aromatic carbocycles. The maximum absolute atomic E-state index is 12.1. The van der Waals surface area contributed by atoms with Gasteiger partial charge in [-0.2, -0.15) is 0 Å². The summed E-state index contributed by atoms with van der Waals surface area (Å²) in [5, 5.41) is 2.84. The molecule has 26 heavy (non-hydrogen) atoms. The highest BCUT2D eigenvalue weighted by Gasteiger charge is 2.05. The summed E-state index contributed by atoms with van der Waals surface area (Å²) in [6.45, 7) is 2.38. The Morgan fingerprint density at radius 2 is 2.08 bits per heavy atom. The van der Waals surface area contributed by atoms with Gasteiger partial charge in [-0.05, 0) is 48.9 Å². The predicted molar refractivity (Wildman–Crippen MR) is 100 cm³/mol. The number of rotatable bonds is 6. The minimum atomic E-state index is -0.205. The van der Waals surface area contributed by atoms with Crippen molar-refractivity contribution in [3.63, 3.8) is 0 Å². The van der Waals surface area contributed by atoms with Gasteiger partial charge in [-0.1, -0.05) is 0 Å². The number of carbonyl (C=O) groups is 1. The fraction of sp³-hybridized carbons (Fsp3) is 0.200. The molecule has 0 atom stereocenters. The summed E-state index contributed by atoms with van der Waals surface area (Å²) < 4.78 is 12.4. The molecule has 1 amide bonds. The lowest BCUT2D eigenvalue weighted by molar-refractivity contribution is -0.116. The Hall–Kier alpha value is -3.28. The molecule has 0 saturated heterocycles. The summed E-state index contributed by atoms with van der Waals surface area (Å²) in [7, 11) is 3.18. The Labute approximate surface area is 152 Å². The van der Waals surface area contributed by atoms with Crippen LogP contribution in [0.3, 0.4) is 0 Å². The molecule has 0 aliphatic rings. The number of carbonyl (C=O) groups excluding carboxylic acids is 1. The number of fused-ring (bicyclic) bond motifs is 1. The van der Waals surface area contributed by atoms with Gasteiger partial charge >= 0.3 is 0 Å². The molecule has 6 nitrogen and oxygen atoms in total. The second-order valence-corrected chi connectivity index (χ2v) is 5.86. The minimum Gasteiger partial charge on any atom is -0.497 e. The number of aromatic nitrogens is 2. The number of amides is 1. The van der Waals surface area contributed by atoms with Gasteiger partial charge in [0, 0.05) is 24.0 Å². The van der Waals surface area contributed by atoms with Crippen LogP contribution in [-0.2, 0) is 11.3 Å². The normalized spacial score (nSPS) is 11.0. The van der Waals surface area contributed by atoms with Crippen LogP contribution in [-0.4, -0.2) is 29.5 Å². The molecule has 0 saturated carbocycles. The highest BCUT2D eigenvalue weighted by Crippen LogP contribution is 2.25. The third-order valence-electron chi connectivity index (χ3n) is 3.96. The lowest BCUT2D eigenvalue weighted by atomic mass is 10.1. The van der Waals surface area contributed by atoms with E-state index < -0.39 is 0 Å². The summed E-state index contributed by atoms with van der Waals surface area (Å²) in [6, 6.07) is 9.44. The van der Waals surface area contributed by atoms with E-state index >= 15 is 0 Å². The van der Waals surface area contributed by atoms with Gasteiger partial charge in [0.05, 0.1) is 26.5 Å². The zero-order chi connectivity index (χ0) is 18.5. The van der Waals surface area contributed by atoms with Crippen molar-refractivity contribution in [2.75, 3.05) is 14.2 Å². The van der Waals surface area contributed by atoms with Crippen molar-refractivity contribution in [1.29, 1.82) is 0 Å². The van der Waals surface area contributed by atoms with Crippen molar-refractivity contribution >= 4 is 17.6 Å². The molecule has 1 N–H and O–H groups in total. The first kappa shape index (κ1) is 17.5. The van der Waals surface area contributed by atoms with Gasteiger partial charge in [-0.3, -0.25) is 4.79 Å². The molecule has 0 aliphatic heterocycles. The van der Waals surface area contributed by atoms with E-state index in [0.29, 0.717) is 18.0 Å². The number of aryl methyl sites for hydroxylation is 1. The molecule has 0 fully saturated rings. The maximum Gasteiger partial charge on any atom is 0.244 e. The number of nitrogens with one attached hydrogen (secondary N) is 1. The van der Waals surface area contributed by atoms with Gasteiger partial charge < -0.3 is 19.2 Å². The summed E-state index contributed by atoms with van der Waals surface area (Å²) >= 11 is 0. The molecule has 2 aromatic heterocycles. The van der Waals surface area contributed by atoms with E-state index in [4.69, 9.17) is 9.47 Å². The van der Waals surface area contributed by atoms with Gasteiger partial charge in [0.25, 0.3) is 0 Å². The van der Waals surface area contributed by atoms with Crippen molar-refractivity contribution < 1.29 is 14.3 Å². The first-order valence-corrected chi connectivity index (χ1v) is 8.21. The fourth-order valence-electron chi connectivity index (χ4n) is 2.59. The summed E-state index contributed by atoms with van der Waals surface area (Å²) in [5.74, 6) is 1.17. The average molecular weight is 351 g/mol. The molecule has 3 aromatic rings. The quantitative estimate of drug-likeness (QED) is 0.694. The van der Waals surface area contributed by atoms with E-state index in [0.717, 1.165) is 22.5 Å². The second-order valence-electron chi connectivity index (χ2n) is 5.86. The topological polar surface area (TPSA) is 64.9 Å².